The fourth-order valence-electron chi connectivity index (χ4n) is 1.71. The predicted octanol–water partition coefficient (Wildman–Crippen LogP) is 0.781. The van der Waals surface area contributed by atoms with Crippen LogP contribution in [0.25, 0.3) is 0 Å². The molecule has 1 aliphatic carbocycles. The third-order valence-electron chi connectivity index (χ3n) is 2.56. The minimum Gasteiger partial charge on any atom is -0.374 e. The summed E-state index contributed by atoms with van der Waals surface area (Å²) in [5.74, 6) is -0.424. The number of amides is 2. The molecule has 1 heterocycles. The predicted molar refractivity (Wildman–Crippen MR) is 60.3 cm³/mol. The Bertz CT molecular complexity index is 394. The minimum atomic E-state index is -0.305. The standard InChI is InChI=1S/C12H14N2O2/c15-11-8-7-10(12(16)14-11)13-9-5-3-1-2-4-6-9/h1,3-6,10,13H,2,7-8H2,(H,14,15,16). The first-order chi connectivity index (χ1) is 7.75. The Morgan fingerprint density at radius 2 is 2.19 bits per heavy atom. The van der Waals surface area contributed by atoms with Crippen molar-refractivity contribution in [3.63, 3.8) is 0 Å². The van der Waals surface area contributed by atoms with Gasteiger partial charge in [-0.15, -0.1) is 0 Å². The second-order valence-corrected chi connectivity index (χ2v) is 3.84. The quantitative estimate of drug-likeness (QED) is 0.673. The topological polar surface area (TPSA) is 58.2 Å². The van der Waals surface area contributed by atoms with Crippen molar-refractivity contribution < 1.29 is 9.59 Å². The number of rotatable bonds is 2. The van der Waals surface area contributed by atoms with E-state index in [4.69, 9.17) is 0 Å². The SMILES string of the molecule is O=C1CCC(NC2=CC=CCC=C2)C(=O)N1. The summed E-state index contributed by atoms with van der Waals surface area (Å²) >= 11 is 0. The van der Waals surface area contributed by atoms with Crippen molar-refractivity contribution in [1.29, 1.82) is 0 Å². The highest BCUT2D eigenvalue weighted by molar-refractivity contribution is 6.00. The number of hydrogen-bond donors (Lipinski definition) is 2. The van der Waals surface area contributed by atoms with Crippen LogP contribution in [0.4, 0.5) is 0 Å². The molecule has 0 bridgehead atoms. The van der Waals surface area contributed by atoms with E-state index in [9.17, 15) is 9.59 Å². The summed E-state index contributed by atoms with van der Waals surface area (Å²) in [5, 5.41) is 5.45. The van der Waals surface area contributed by atoms with Gasteiger partial charge in [0.1, 0.15) is 6.04 Å². The maximum atomic E-state index is 11.5. The molecule has 2 N–H and O–H groups in total. The van der Waals surface area contributed by atoms with Crippen molar-refractivity contribution >= 4 is 11.8 Å². The van der Waals surface area contributed by atoms with Crippen LogP contribution in [-0.4, -0.2) is 17.9 Å². The molecular formula is C12H14N2O2. The summed E-state index contributed by atoms with van der Waals surface area (Å²) in [6.45, 7) is 0. The molecule has 1 unspecified atom stereocenters. The molecule has 1 atom stereocenters. The Morgan fingerprint density at radius 1 is 1.31 bits per heavy atom. The molecule has 0 aromatic heterocycles. The number of hydrogen-bond acceptors (Lipinski definition) is 3. The minimum absolute atomic E-state index is 0.187. The van der Waals surface area contributed by atoms with Crippen LogP contribution in [0.1, 0.15) is 19.3 Å². The fraction of sp³-hybridized carbons (Fsp3) is 0.333. The Balaban J connectivity index is 1.99. The molecule has 2 rings (SSSR count). The van der Waals surface area contributed by atoms with Crippen LogP contribution in [0.5, 0.6) is 0 Å². The van der Waals surface area contributed by atoms with E-state index in [0.29, 0.717) is 12.8 Å². The van der Waals surface area contributed by atoms with E-state index in [1.54, 1.807) is 0 Å². The van der Waals surface area contributed by atoms with Gasteiger partial charge in [0.25, 0.3) is 0 Å². The van der Waals surface area contributed by atoms with Crippen LogP contribution >= 0.6 is 0 Å². The van der Waals surface area contributed by atoms with Gasteiger partial charge < -0.3 is 5.32 Å². The summed E-state index contributed by atoms with van der Waals surface area (Å²) in [7, 11) is 0. The summed E-state index contributed by atoms with van der Waals surface area (Å²) in [6, 6.07) is -0.305. The summed E-state index contributed by atoms with van der Waals surface area (Å²) in [4.78, 5) is 22.5. The number of piperidine rings is 1. The van der Waals surface area contributed by atoms with E-state index in [2.05, 4.69) is 10.6 Å². The first kappa shape index (κ1) is 10.7. The van der Waals surface area contributed by atoms with E-state index in [1.807, 2.05) is 30.4 Å². The van der Waals surface area contributed by atoms with Gasteiger partial charge in [0, 0.05) is 12.1 Å². The van der Waals surface area contributed by atoms with Gasteiger partial charge in [-0.2, -0.15) is 0 Å². The third kappa shape index (κ3) is 2.59. The maximum absolute atomic E-state index is 11.5. The Labute approximate surface area is 94.1 Å². The van der Waals surface area contributed by atoms with E-state index >= 15 is 0 Å². The first-order valence-corrected chi connectivity index (χ1v) is 5.39. The van der Waals surface area contributed by atoms with Gasteiger partial charge >= 0.3 is 0 Å². The van der Waals surface area contributed by atoms with E-state index in [-0.39, 0.29) is 17.9 Å². The molecule has 16 heavy (non-hydrogen) atoms. The van der Waals surface area contributed by atoms with Gasteiger partial charge in [-0.3, -0.25) is 14.9 Å². The van der Waals surface area contributed by atoms with Crippen molar-refractivity contribution in [3.8, 4) is 0 Å². The second-order valence-electron chi connectivity index (χ2n) is 3.84. The lowest BCUT2D eigenvalue weighted by atomic mass is 10.1. The molecule has 1 saturated heterocycles. The highest BCUT2D eigenvalue weighted by Gasteiger charge is 2.26. The number of carbonyl (C=O) groups excluding carboxylic acids is 2. The molecule has 0 spiro atoms. The molecule has 4 nitrogen and oxygen atoms in total. The molecule has 2 aliphatic rings. The van der Waals surface area contributed by atoms with Crippen LogP contribution in [-0.2, 0) is 9.59 Å². The summed E-state index contributed by atoms with van der Waals surface area (Å²) in [5.41, 5.74) is 0.906. The van der Waals surface area contributed by atoms with Gasteiger partial charge in [0.2, 0.25) is 11.8 Å². The molecule has 1 aliphatic heterocycles. The van der Waals surface area contributed by atoms with E-state index in [0.717, 1.165) is 12.1 Å². The average Bonchev–Trinajstić information content (AvgIpc) is 2.51. The maximum Gasteiger partial charge on any atom is 0.249 e. The zero-order chi connectivity index (χ0) is 11.4. The van der Waals surface area contributed by atoms with Crippen LogP contribution in [0.2, 0.25) is 0 Å². The second kappa shape index (κ2) is 4.79. The molecule has 0 radical (unpaired) electrons. The molecule has 1 fully saturated rings. The van der Waals surface area contributed by atoms with Gasteiger partial charge in [-0.05, 0) is 25.0 Å². The van der Waals surface area contributed by atoms with Crippen molar-refractivity contribution in [2.24, 2.45) is 0 Å². The monoisotopic (exact) mass is 218 g/mol. The number of nitrogens with one attached hydrogen (secondary N) is 2. The number of allylic oxidation sites excluding steroid dienone is 5. The lowest BCUT2D eigenvalue weighted by Crippen LogP contribution is -2.50. The van der Waals surface area contributed by atoms with E-state index < -0.39 is 0 Å². The molecule has 0 aromatic carbocycles. The smallest absolute Gasteiger partial charge is 0.249 e. The summed E-state index contributed by atoms with van der Waals surface area (Å²) < 4.78 is 0. The number of carbonyl (C=O) groups is 2. The molecule has 0 saturated carbocycles. The molecule has 4 heteroatoms. The van der Waals surface area contributed by atoms with Crippen molar-refractivity contribution in [1.82, 2.24) is 10.6 Å². The summed E-state index contributed by atoms with van der Waals surface area (Å²) in [6.07, 6.45) is 11.7. The van der Waals surface area contributed by atoms with Crippen LogP contribution < -0.4 is 10.6 Å². The third-order valence-corrected chi connectivity index (χ3v) is 2.56. The van der Waals surface area contributed by atoms with Crippen LogP contribution in [0.15, 0.2) is 36.1 Å². The van der Waals surface area contributed by atoms with Crippen molar-refractivity contribution in [2.45, 2.75) is 25.3 Å². The van der Waals surface area contributed by atoms with Crippen molar-refractivity contribution in [3.05, 3.63) is 36.1 Å². The van der Waals surface area contributed by atoms with Crippen molar-refractivity contribution in [2.75, 3.05) is 0 Å². The highest BCUT2D eigenvalue weighted by atomic mass is 16.2. The zero-order valence-corrected chi connectivity index (χ0v) is 8.90. The molecular weight excluding hydrogens is 204 g/mol. The van der Waals surface area contributed by atoms with Gasteiger partial charge in [0.15, 0.2) is 0 Å². The molecule has 2 amide bonds. The molecule has 84 valence electrons. The highest BCUT2D eigenvalue weighted by Crippen LogP contribution is 2.08. The Hall–Kier alpha value is -1.84. The number of imide groups is 1. The van der Waals surface area contributed by atoms with Crippen LogP contribution in [0.3, 0.4) is 0 Å². The fourth-order valence-corrected chi connectivity index (χ4v) is 1.71. The lowest BCUT2D eigenvalue weighted by Gasteiger charge is -2.23. The Morgan fingerprint density at radius 3 is 3.00 bits per heavy atom. The van der Waals surface area contributed by atoms with Gasteiger partial charge in [-0.25, -0.2) is 0 Å². The first-order valence-electron chi connectivity index (χ1n) is 5.39. The van der Waals surface area contributed by atoms with E-state index in [1.165, 1.54) is 0 Å². The Kier molecular flexibility index (Phi) is 3.19. The largest absolute Gasteiger partial charge is 0.374 e. The molecule has 0 aromatic rings. The normalized spacial score (nSPS) is 24.8. The zero-order valence-electron chi connectivity index (χ0n) is 8.90. The lowest BCUT2D eigenvalue weighted by molar-refractivity contribution is -0.134. The van der Waals surface area contributed by atoms with Gasteiger partial charge in [-0.1, -0.05) is 18.2 Å². The average molecular weight is 218 g/mol. The van der Waals surface area contributed by atoms with Gasteiger partial charge in [0.05, 0.1) is 0 Å². The van der Waals surface area contributed by atoms with Crippen LogP contribution in [0, 0.1) is 0 Å².